The molecule has 1 saturated carbocycles. The van der Waals surface area contributed by atoms with Gasteiger partial charge < -0.3 is 19.3 Å². The van der Waals surface area contributed by atoms with Crippen LogP contribution in [-0.4, -0.2) is 47.4 Å². The lowest BCUT2D eigenvalue weighted by Gasteiger charge is -2.38. The summed E-state index contributed by atoms with van der Waals surface area (Å²) >= 11 is 0. The van der Waals surface area contributed by atoms with Crippen molar-refractivity contribution in [2.45, 2.75) is 58.0 Å². The summed E-state index contributed by atoms with van der Waals surface area (Å²) in [5.74, 6) is -1.67. The SMILES string of the molecule is CC(=O)O[C@@H]1[C@H](O)[C@H](OC(C)=O)CC[C@@H]1OC(C)=O. The molecule has 4 atom stereocenters. The minimum atomic E-state index is -1.22. The standard InChI is InChI=1S/C12H18O7/c1-6(13)17-9-4-5-10(18-7(2)14)12(11(9)16)19-8(3)15/h9-12,16H,4-5H2,1-3H3/t9-,10+,11-,12+/m1/s1. The molecule has 0 spiro atoms. The molecule has 0 aromatic rings. The highest BCUT2D eigenvalue weighted by molar-refractivity contribution is 5.68. The van der Waals surface area contributed by atoms with Crippen molar-refractivity contribution in [2.75, 3.05) is 0 Å². The van der Waals surface area contributed by atoms with Gasteiger partial charge in [0.15, 0.2) is 6.10 Å². The molecule has 0 radical (unpaired) electrons. The zero-order valence-corrected chi connectivity index (χ0v) is 11.1. The van der Waals surface area contributed by atoms with Gasteiger partial charge >= 0.3 is 17.9 Å². The van der Waals surface area contributed by atoms with E-state index in [0.717, 1.165) is 0 Å². The van der Waals surface area contributed by atoms with Crippen molar-refractivity contribution in [3.05, 3.63) is 0 Å². The number of carbonyl (C=O) groups is 3. The minimum Gasteiger partial charge on any atom is -0.460 e. The highest BCUT2D eigenvalue weighted by atomic mass is 16.6. The van der Waals surface area contributed by atoms with E-state index in [1.807, 2.05) is 0 Å². The number of esters is 3. The minimum absolute atomic E-state index is 0.330. The first-order chi connectivity index (χ1) is 8.81. The van der Waals surface area contributed by atoms with E-state index in [9.17, 15) is 19.5 Å². The van der Waals surface area contributed by atoms with Crippen LogP contribution in [0.15, 0.2) is 0 Å². The Morgan fingerprint density at radius 3 is 1.74 bits per heavy atom. The zero-order chi connectivity index (χ0) is 14.6. The largest absolute Gasteiger partial charge is 0.460 e. The fourth-order valence-electron chi connectivity index (χ4n) is 2.11. The monoisotopic (exact) mass is 274 g/mol. The first-order valence-corrected chi connectivity index (χ1v) is 6.01. The summed E-state index contributed by atoms with van der Waals surface area (Å²) in [6.07, 6.45) is -3.08. The molecule has 1 aliphatic rings. The number of aliphatic hydroxyl groups excluding tert-OH is 1. The number of carbonyl (C=O) groups excluding carboxylic acids is 3. The number of hydrogen-bond acceptors (Lipinski definition) is 7. The second kappa shape index (κ2) is 6.51. The lowest BCUT2D eigenvalue weighted by Crippen LogP contribution is -2.53. The Labute approximate surface area is 110 Å². The summed E-state index contributed by atoms with van der Waals surface area (Å²) in [5.41, 5.74) is 0. The topological polar surface area (TPSA) is 99.1 Å². The Kier molecular flexibility index (Phi) is 5.29. The van der Waals surface area contributed by atoms with Crippen LogP contribution in [-0.2, 0) is 28.6 Å². The molecule has 1 rings (SSSR count). The Balaban J connectivity index is 2.79. The third kappa shape index (κ3) is 4.51. The van der Waals surface area contributed by atoms with Crippen molar-refractivity contribution in [1.82, 2.24) is 0 Å². The molecule has 1 aliphatic carbocycles. The fraction of sp³-hybridized carbons (Fsp3) is 0.750. The molecule has 0 heterocycles. The maximum absolute atomic E-state index is 11.0. The summed E-state index contributed by atoms with van der Waals surface area (Å²) in [6.45, 7) is 3.65. The molecule has 0 amide bonds. The average molecular weight is 274 g/mol. The molecule has 7 nitrogen and oxygen atoms in total. The normalized spacial score (nSPS) is 30.3. The Bertz CT molecular complexity index is 365. The van der Waals surface area contributed by atoms with Crippen LogP contribution >= 0.6 is 0 Å². The van der Waals surface area contributed by atoms with Crippen LogP contribution in [0.4, 0.5) is 0 Å². The van der Waals surface area contributed by atoms with Crippen LogP contribution in [0.1, 0.15) is 33.6 Å². The van der Waals surface area contributed by atoms with Gasteiger partial charge in [-0.25, -0.2) is 0 Å². The van der Waals surface area contributed by atoms with Crippen molar-refractivity contribution in [3.63, 3.8) is 0 Å². The van der Waals surface area contributed by atoms with E-state index in [1.165, 1.54) is 20.8 Å². The van der Waals surface area contributed by atoms with E-state index >= 15 is 0 Å². The molecule has 0 saturated heterocycles. The van der Waals surface area contributed by atoms with E-state index in [-0.39, 0.29) is 0 Å². The van der Waals surface area contributed by atoms with Gasteiger partial charge in [0.05, 0.1) is 0 Å². The molecule has 19 heavy (non-hydrogen) atoms. The maximum atomic E-state index is 11.0. The molecule has 1 fully saturated rings. The third-order valence-corrected chi connectivity index (χ3v) is 2.76. The van der Waals surface area contributed by atoms with E-state index in [4.69, 9.17) is 14.2 Å². The van der Waals surface area contributed by atoms with Crippen molar-refractivity contribution in [2.24, 2.45) is 0 Å². The summed E-state index contributed by atoms with van der Waals surface area (Å²) < 4.78 is 14.9. The Morgan fingerprint density at radius 2 is 1.26 bits per heavy atom. The number of hydrogen-bond donors (Lipinski definition) is 1. The number of ether oxygens (including phenoxy) is 3. The highest BCUT2D eigenvalue weighted by Crippen LogP contribution is 2.27. The van der Waals surface area contributed by atoms with Crippen LogP contribution in [0.3, 0.4) is 0 Å². The van der Waals surface area contributed by atoms with Gasteiger partial charge in [-0.1, -0.05) is 0 Å². The summed E-state index contributed by atoms with van der Waals surface area (Å²) in [4.78, 5) is 32.9. The molecule has 1 N–H and O–H groups in total. The first-order valence-electron chi connectivity index (χ1n) is 6.01. The van der Waals surface area contributed by atoms with Crippen molar-refractivity contribution >= 4 is 17.9 Å². The molecule has 0 unspecified atom stereocenters. The van der Waals surface area contributed by atoms with Gasteiger partial charge in [0.25, 0.3) is 0 Å². The average Bonchev–Trinajstić information content (AvgIpc) is 2.26. The van der Waals surface area contributed by atoms with Gasteiger partial charge in [-0.2, -0.15) is 0 Å². The second-order valence-electron chi connectivity index (χ2n) is 4.44. The van der Waals surface area contributed by atoms with Crippen molar-refractivity contribution in [3.8, 4) is 0 Å². The molecule has 0 aromatic carbocycles. The molecule has 108 valence electrons. The maximum Gasteiger partial charge on any atom is 0.303 e. The quantitative estimate of drug-likeness (QED) is 0.568. The summed E-state index contributed by atoms with van der Waals surface area (Å²) in [5, 5.41) is 10.1. The predicted octanol–water partition coefficient (Wildman–Crippen LogP) is -0.0638. The van der Waals surface area contributed by atoms with Gasteiger partial charge in [0, 0.05) is 20.8 Å². The van der Waals surface area contributed by atoms with Crippen molar-refractivity contribution < 1.29 is 33.7 Å². The second-order valence-corrected chi connectivity index (χ2v) is 4.44. The van der Waals surface area contributed by atoms with E-state index in [1.54, 1.807) is 0 Å². The van der Waals surface area contributed by atoms with E-state index in [0.29, 0.717) is 12.8 Å². The van der Waals surface area contributed by atoms with Gasteiger partial charge in [-0.15, -0.1) is 0 Å². The first kappa shape index (κ1) is 15.4. The fourth-order valence-corrected chi connectivity index (χ4v) is 2.11. The third-order valence-electron chi connectivity index (χ3n) is 2.76. The van der Waals surface area contributed by atoms with Gasteiger partial charge in [0.2, 0.25) is 0 Å². The molecule has 0 aliphatic heterocycles. The van der Waals surface area contributed by atoms with E-state index in [2.05, 4.69) is 0 Å². The van der Waals surface area contributed by atoms with Gasteiger partial charge in [-0.05, 0) is 12.8 Å². The van der Waals surface area contributed by atoms with Crippen molar-refractivity contribution in [1.29, 1.82) is 0 Å². The van der Waals surface area contributed by atoms with Gasteiger partial charge in [0.1, 0.15) is 18.3 Å². The predicted molar refractivity (Wildman–Crippen MR) is 61.9 cm³/mol. The Morgan fingerprint density at radius 1 is 0.842 bits per heavy atom. The highest BCUT2D eigenvalue weighted by Gasteiger charge is 2.44. The lowest BCUT2D eigenvalue weighted by atomic mass is 9.89. The van der Waals surface area contributed by atoms with Crippen LogP contribution in [0.5, 0.6) is 0 Å². The van der Waals surface area contributed by atoms with Gasteiger partial charge in [-0.3, -0.25) is 14.4 Å². The molecule has 7 heteroatoms. The molecule has 0 aromatic heterocycles. The molecule has 0 bridgehead atoms. The molecular weight excluding hydrogens is 256 g/mol. The van der Waals surface area contributed by atoms with Crippen LogP contribution in [0, 0.1) is 0 Å². The lowest BCUT2D eigenvalue weighted by molar-refractivity contribution is -0.199. The smallest absolute Gasteiger partial charge is 0.303 e. The van der Waals surface area contributed by atoms with Crippen LogP contribution < -0.4 is 0 Å². The van der Waals surface area contributed by atoms with E-state index < -0.39 is 42.3 Å². The molecular formula is C12H18O7. The summed E-state index contributed by atoms with van der Waals surface area (Å²) in [6, 6.07) is 0. The van der Waals surface area contributed by atoms with Crippen LogP contribution in [0.25, 0.3) is 0 Å². The zero-order valence-electron chi connectivity index (χ0n) is 11.1. The number of aliphatic hydroxyl groups is 1. The Hall–Kier alpha value is -1.63. The van der Waals surface area contributed by atoms with Crippen LogP contribution in [0.2, 0.25) is 0 Å². The summed E-state index contributed by atoms with van der Waals surface area (Å²) in [7, 11) is 0. The number of rotatable bonds is 3.